The Morgan fingerprint density at radius 3 is 2.47 bits per heavy atom. The standard InChI is InChI=1S/C12H28N2S/c1-11(6-9-15-5)14(4)8-7-12(2,3)10-13/h11H,6-10,13H2,1-5H3. The summed E-state index contributed by atoms with van der Waals surface area (Å²) in [5, 5.41) is 0. The molecule has 0 heterocycles. The molecule has 0 saturated heterocycles. The molecular weight excluding hydrogens is 204 g/mol. The van der Waals surface area contributed by atoms with Gasteiger partial charge in [-0.25, -0.2) is 0 Å². The van der Waals surface area contributed by atoms with Gasteiger partial charge in [-0.1, -0.05) is 13.8 Å². The minimum atomic E-state index is 0.285. The van der Waals surface area contributed by atoms with Gasteiger partial charge in [-0.05, 0) is 57.3 Å². The molecule has 15 heavy (non-hydrogen) atoms. The minimum Gasteiger partial charge on any atom is -0.330 e. The van der Waals surface area contributed by atoms with E-state index in [0.717, 1.165) is 13.1 Å². The number of hydrogen-bond acceptors (Lipinski definition) is 3. The summed E-state index contributed by atoms with van der Waals surface area (Å²) in [6.45, 7) is 8.73. The number of thioether (sulfide) groups is 1. The third kappa shape index (κ3) is 7.20. The summed E-state index contributed by atoms with van der Waals surface area (Å²) in [4.78, 5) is 2.45. The highest BCUT2D eigenvalue weighted by Crippen LogP contribution is 2.19. The van der Waals surface area contributed by atoms with Crippen molar-refractivity contribution in [1.29, 1.82) is 0 Å². The lowest BCUT2D eigenvalue weighted by molar-refractivity contribution is 0.208. The Morgan fingerprint density at radius 2 is 2.00 bits per heavy atom. The van der Waals surface area contributed by atoms with Crippen LogP contribution in [0.4, 0.5) is 0 Å². The van der Waals surface area contributed by atoms with E-state index in [1.807, 2.05) is 11.8 Å². The van der Waals surface area contributed by atoms with Gasteiger partial charge in [0.15, 0.2) is 0 Å². The van der Waals surface area contributed by atoms with Gasteiger partial charge >= 0.3 is 0 Å². The number of nitrogens with zero attached hydrogens (tertiary/aromatic N) is 1. The Hall–Kier alpha value is 0.270. The molecule has 0 spiro atoms. The van der Waals surface area contributed by atoms with Crippen molar-refractivity contribution < 1.29 is 0 Å². The maximum absolute atomic E-state index is 5.73. The Labute approximate surface area is 100.0 Å². The average molecular weight is 232 g/mol. The van der Waals surface area contributed by atoms with Crippen LogP contribution >= 0.6 is 11.8 Å². The lowest BCUT2D eigenvalue weighted by Gasteiger charge is -2.29. The largest absolute Gasteiger partial charge is 0.330 e. The highest BCUT2D eigenvalue weighted by molar-refractivity contribution is 7.98. The van der Waals surface area contributed by atoms with Crippen LogP contribution in [-0.2, 0) is 0 Å². The summed E-state index contributed by atoms with van der Waals surface area (Å²) in [6, 6.07) is 0.686. The lowest BCUT2D eigenvalue weighted by atomic mass is 9.89. The molecule has 2 nitrogen and oxygen atoms in total. The van der Waals surface area contributed by atoms with Gasteiger partial charge in [-0.15, -0.1) is 0 Å². The average Bonchev–Trinajstić information content (AvgIpc) is 2.22. The predicted molar refractivity (Wildman–Crippen MR) is 72.5 cm³/mol. The molecule has 1 atom stereocenters. The summed E-state index contributed by atoms with van der Waals surface area (Å²) >= 11 is 1.93. The first-order valence-corrected chi connectivity index (χ1v) is 7.21. The van der Waals surface area contributed by atoms with Crippen LogP contribution in [0.1, 0.15) is 33.6 Å². The zero-order chi connectivity index (χ0) is 11.9. The first-order valence-electron chi connectivity index (χ1n) is 5.82. The fraction of sp³-hybridized carbons (Fsp3) is 1.00. The van der Waals surface area contributed by atoms with E-state index in [1.54, 1.807) is 0 Å². The van der Waals surface area contributed by atoms with Crippen LogP contribution in [0.15, 0.2) is 0 Å². The van der Waals surface area contributed by atoms with Crippen molar-refractivity contribution in [2.24, 2.45) is 11.1 Å². The molecule has 2 N–H and O–H groups in total. The number of rotatable bonds is 8. The van der Waals surface area contributed by atoms with E-state index in [2.05, 4.69) is 39.0 Å². The van der Waals surface area contributed by atoms with E-state index in [4.69, 9.17) is 5.73 Å². The molecule has 0 aliphatic rings. The molecule has 0 radical (unpaired) electrons. The van der Waals surface area contributed by atoms with Gasteiger partial charge in [0, 0.05) is 6.04 Å². The Kier molecular flexibility index (Phi) is 7.66. The third-order valence-electron chi connectivity index (χ3n) is 3.19. The van der Waals surface area contributed by atoms with Gasteiger partial charge in [0.2, 0.25) is 0 Å². The molecule has 3 heteroatoms. The van der Waals surface area contributed by atoms with E-state index in [0.29, 0.717) is 6.04 Å². The topological polar surface area (TPSA) is 29.3 Å². The predicted octanol–water partition coefficient (Wildman–Crippen LogP) is 2.43. The smallest absolute Gasteiger partial charge is 0.00717 e. The maximum Gasteiger partial charge on any atom is 0.00717 e. The van der Waals surface area contributed by atoms with Gasteiger partial charge in [0.1, 0.15) is 0 Å². The van der Waals surface area contributed by atoms with Crippen molar-refractivity contribution in [2.75, 3.05) is 32.1 Å². The van der Waals surface area contributed by atoms with Crippen LogP contribution in [-0.4, -0.2) is 43.1 Å². The Bertz CT molecular complexity index is 160. The van der Waals surface area contributed by atoms with E-state index >= 15 is 0 Å². The SMILES string of the molecule is CSCCC(C)N(C)CCC(C)(C)CN. The highest BCUT2D eigenvalue weighted by atomic mass is 32.2. The second-order valence-corrected chi connectivity index (χ2v) is 6.22. The van der Waals surface area contributed by atoms with Crippen molar-refractivity contribution in [3.63, 3.8) is 0 Å². The fourth-order valence-electron chi connectivity index (χ4n) is 1.31. The zero-order valence-corrected chi connectivity index (χ0v) is 11.9. The molecule has 0 aliphatic carbocycles. The van der Waals surface area contributed by atoms with Crippen LogP contribution < -0.4 is 5.73 Å². The maximum atomic E-state index is 5.73. The highest BCUT2D eigenvalue weighted by Gasteiger charge is 2.17. The Balaban J connectivity index is 3.77. The molecule has 0 aliphatic heterocycles. The van der Waals surface area contributed by atoms with E-state index in [1.165, 1.54) is 18.6 Å². The van der Waals surface area contributed by atoms with Crippen molar-refractivity contribution in [1.82, 2.24) is 4.90 Å². The molecule has 0 aromatic heterocycles. The summed E-state index contributed by atoms with van der Waals surface area (Å²) in [5.41, 5.74) is 6.01. The van der Waals surface area contributed by atoms with Crippen molar-refractivity contribution in [3.05, 3.63) is 0 Å². The van der Waals surface area contributed by atoms with Gasteiger partial charge in [-0.3, -0.25) is 0 Å². The summed E-state index contributed by atoms with van der Waals surface area (Å²) in [7, 11) is 2.22. The number of hydrogen-bond donors (Lipinski definition) is 1. The molecule has 92 valence electrons. The monoisotopic (exact) mass is 232 g/mol. The molecule has 0 aromatic rings. The summed E-state index contributed by atoms with van der Waals surface area (Å²) in [6.07, 6.45) is 4.63. The molecule has 0 saturated carbocycles. The van der Waals surface area contributed by atoms with Crippen molar-refractivity contribution >= 4 is 11.8 Å². The fourth-order valence-corrected chi connectivity index (χ4v) is 1.89. The van der Waals surface area contributed by atoms with Crippen LogP contribution in [0.5, 0.6) is 0 Å². The van der Waals surface area contributed by atoms with E-state index < -0.39 is 0 Å². The normalized spacial score (nSPS) is 14.6. The van der Waals surface area contributed by atoms with Crippen LogP contribution in [0.25, 0.3) is 0 Å². The summed E-state index contributed by atoms with van der Waals surface area (Å²) < 4.78 is 0. The van der Waals surface area contributed by atoms with Crippen LogP contribution in [0, 0.1) is 5.41 Å². The van der Waals surface area contributed by atoms with Gasteiger partial charge in [0.25, 0.3) is 0 Å². The minimum absolute atomic E-state index is 0.285. The molecule has 0 aromatic carbocycles. The molecular formula is C12H28N2S. The number of nitrogens with two attached hydrogens (primary N) is 1. The van der Waals surface area contributed by atoms with E-state index in [-0.39, 0.29) is 5.41 Å². The van der Waals surface area contributed by atoms with Crippen LogP contribution in [0.2, 0.25) is 0 Å². The van der Waals surface area contributed by atoms with E-state index in [9.17, 15) is 0 Å². The zero-order valence-electron chi connectivity index (χ0n) is 11.0. The van der Waals surface area contributed by atoms with Crippen molar-refractivity contribution in [3.8, 4) is 0 Å². The molecule has 1 unspecified atom stereocenters. The second-order valence-electron chi connectivity index (χ2n) is 5.23. The molecule has 0 bridgehead atoms. The summed E-state index contributed by atoms with van der Waals surface area (Å²) in [5.74, 6) is 1.26. The molecule has 0 amide bonds. The Morgan fingerprint density at radius 1 is 1.40 bits per heavy atom. The first-order chi connectivity index (χ1) is 6.93. The van der Waals surface area contributed by atoms with Crippen molar-refractivity contribution in [2.45, 2.75) is 39.7 Å². The molecule has 0 fully saturated rings. The van der Waals surface area contributed by atoms with Gasteiger partial charge in [-0.2, -0.15) is 11.8 Å². The lowest BCUT2D eigenvalue weighted by Crippen LogP contribution is -2.34. The third-order valence-corrected chi connectivity index (χ3v) is 3.83. The quantitative estimate of drug-likeness (QED) is 0.697. The van der Waals surface area contributed by atoms with Gasteiger partial charge in [0.05, 0.1) is 0 Å². The van der Waals surface area contributed by atoms with Gasteiger partial charge < -0.3 is 10.6 Å². The first kappa shape index (κ1) is 15.3. The van der Waals surface area contributed by atoms with Crippen LogP contribution in [0.3, 0.4) is 0 Å². The second kappa shape index (κ2) is 7.53. The molecule has 0 rings (SSSR count).